The second-order valence-electron chi connectivity index (χ2n) is 14.6. The highest BCUT2D eigenvalue weighted by atomic mass is 32.2. The van der Waals surface area contributed by atoms with E-state index in [1.807, 2.05) is 6.08 Å². The molecule has 0 spiro atoms. The van der Waals surface area contributed by atoms with E-state index >= 15 is 0 Å². The van der Waals surface area contributed by atoms with Crippen molar-refractivity contribution < 1.29 is 22.9 Å². The second kappa shape index (κ2) is 39.5. The van der Waals surface area contributed by atoms with E-state index in [0.29, 0.717) is 6.42 Å². The molecule has 0 aromatic heterocycles. The Bertz CT molecular complexity index is 1100. The highest BCUT2D eigenvalue weighted by molar-refractivity contribution is 7.85. The first-order chi connectivity index (χ1) is 25.8. The Balaban J connectivity index is 3.92. The standard InChI is InChI=1S/C46H81NO5S/c1-3-5-7-9-11-13-15-17-19-20-21-22-23-24-25-26-28-30-32-34-36-38-40-42-46(49)47-44(43-53(50,51)52)45(48)41-39-37-35-33-31-29-27-18-16-14-12-10-8-6-4-2/h5,7,11,13,17,19,21-22,31,33,39,41,44-45,48H,3-4,6,8-10,12,14-16,18,20,23-30,32,34-38,40,42-43H2,1-2H3,(H,47,49)(H,50,51,52)/b7-5-,13-11-,19-17-,22-21-,33-31+,41-39+. The van der Waals surface area contributed by atoms with Crippen LogP contribution in [0.3, 0.4) is 0 Å². The van der Waals surface area contributed by atoms with Crippen LogP contribution in [0.25, 0.3) is 0 Å². The Morgan fingerprint density at radius 2 is 0.925 bits per heavy atom. The SMILES string of the molecule is CC/C=C\C/C=C\C/C=C\C/C=C\CCCCCCCCCCCCC(=O)NC(CS(=O)(=O)O)C(O)/C=C/CC/C=C/CCCCCCCCCCC. The van der Waals surface area contributed by atoms with E-state index in [1.165, 1.54) is 102 Å². The van der Waals surface area contributed by atoms with Crippen LogP contribution in [0.5, 0.6) is 0 Å². The smallest absolute Gasteiger partial charge is 0.267 e. The molecule has 2 atom stereocenters. The minimum Gasteiger partial charge on any atom is -0.387 e. The summed E-state index contributed by atoms with van der Waals surface area (Å²) < 4.78 is 32.5. The molecule has 7 heteroatoms. The number of rotatable bonds is 38. The van der Waals surface area contributed by atoms with Crippen molar-refractivity contribution in [1.82, 2.24) is 5.32 Å². The van der Waals surface area contributed by atoms with Crippen LogP contribution in [-0.4, -0.2) is 41.9 Å². The third kappa shape index (κ3) is 40.8. The number of nitrogens with one attached hydrogen (secondary N) is 1. The van der Waals surface area contributed by atoms with Crippen LogP contribution in [0.1, 0.15) is 194 Å². The molecule has 0 bridgehead atoms. The predicted molar refractivity (Wildman–Crippen MR) is 230 cm³/mol. The maximum atomic E-state index is 12.5. The third-order valence-corrected chi connectivity index (χ3v) is 10.1. The van der Waals surface area contributed by atoms with Gasteiger partial charge in [0.2, 0.25) is 5.91 Å². The molecule has 53 heavy (non-hydrogen) atoms. The van der Waals surface area contributed by atoms with E-state index in [4.69, 9.17) is 0 Å². The number of aliphatic hydroxyl groups excluding tert-OH is 1. The van der Waals surface area contributed by atoms with Crippen molar-refractivity contribution >= 4 is 16.0 Å². The normalized spacial score (nSPS) is 14.0. The summed E-state index contributed by atoms with van der Waals surface area (Å²) in [7, 11) is -4.36. The molecule has 2 unspecified atom stereocenters. The van der Waals surface area contributed by atoms with Crippen molar-refractivity contribution in [3.63, 3.8) is 0 Å². The van der Waals surface area contributed by atoms with Crippen molar-refractivity contribution in [3.8, 4) is 0 Å². The molecule has 0 radical (unpaired) electrons. The van der Waals surface area contributed by atoms with Crippen molar-refractivity contribution in [3.05, 3.63) is 72.9 Å². The molecule has 0 fully saturated rings. The lowest BCUT2D eigenvalue weighted by atomic mass is 10.0. The predicted octanol–water partition coefficient (Wildman–Crippen LogP) is 13.0. The molecule has 1 amide bonds. The molecular formula is C46H81NO5S. The average Bonchev–Trinajstić information content (AvgIpc) is 3.12. The number of unbranched alkanes of at least 4 members (excludes halogenated alkanes) is 20. The highest BCUT2D eigenvalue weighted by Gasteiger charge is 2.24. The second-order valence-corrected chi connectivity index (χ2v) is 16.1. The first kappa shape index (κ1) is 50.8. The van der Waals surface area contributed by atoms with E-state index in [1.54, 1.807) is 0 Å². The Hall–Kier alpha value is -2.22. The lowest BCUT2D eigenvalue weighted by Crippen LogP contribution is -2.46. The molecule has 0 aromatic carbocycles. The van der Waals surface area contributed by atoms with Gasteiger partial charge in [0, 0.05) is 6.42 Å². The first-order valence-electron chi connectivity index (χ1n) is 21.6. The lowest BCUT2D eigenvalue weighted by molar-refractivity contribution is -0.122. The van der Waals surface area contributed by atoms with E-state index in [0.717, 1.165) is 70.6 Å². The fourth-order valence-corrected chi connectivity index (χ4v) is 6.90. The monoisotopic (exact) mass is 760 g/mol. The number of carbonyl (C=O) groups is 1. The van der Waals surface area contributed by atoms with E-state index in [9.17, 15) is 22.9 Å². The summed E-state index contributed by atoms with van der Waals surface area (Å²) in [4.78, 5) is 12.5. The number of aliphatic hydroxyl groups is 1. The molecule has 0 heterocycles. The topological polar surface area (TPSA) is 104 Å². The van der Waals surface area contributed by atoms with Crippen molar-refractivity contribution in [2.45, 2.75) is 206 Å². The zero-order chi connectivity index (χ0) is 38.9. The van der Waals surface area contributed by atoms with Gasteiger partial charge in [0.05, 0.1) is 17.9 Å². The van der Waals surface area contributed by atoms with Gasteiger partial charge in [-0.05, 0) is 70.6 Å². The molecule has 3 N–H and O–H groups in total. The molecule has 0 aliphatic rings. The molecule has 0 aliphatic carbocycles. The van der Waals surface area contributed by atoms with Crippen molar-refractivity contribution in [2.75, 3.05) is 5.75 Å². The minimum absolute atomic E-state index is 0.279. The summed E-state index contributed by atoms with van der Waals surface area (Å²) in [6.45, 7) is 4.41. The maximum Gasteiger partial charge on any atom is 0.267 e. The largest absolute Gasteiger partial charge is 0.387 e. The van der Waals surface area contributed by atoms with Gasteiger partial charge in [-0.15, -0.1) is 0 Å². The zero-order valence-corrected chi connectivity index (χ0v) is 34.9. The maximum absolute atomic E-state index is 12.5. The number of amides is 1. The summed E-state index contributed by atoms with van der Waals surface area (Å²) in [5, 5.41) is 13.2. The molecule has 0 aliphatic heterocycles. The van der Waals surface area contributed by atoms with Crippen LogP contribution in [-0.2, 0) is 14.9 Å². The number of allylic oxidation sites excluding steroid dienone is 11. The van der Waals surface area contributed by atoms with E-state index in [2.05, 4.69) is 79.9 Å². The summed E-state index contributed by atoms with van der Waals surface area (Å²) >= 11 is 0. The number of carbonyl (C=O) groups excluding carboxylic acids is 1. The van der Waals surface area contributed by atoms with Gasteiger partial charge in [0.25, 0.3) is 10.1 Å². The Kier molecular flexibility index (Phi) is 37.8. The molecule has 0 saturated heterocycles. The van der Waals surface area contributed by atoms with Crippen LogP contribution < -0.4 is 5.32 Å². The van der Waals surface area contributed by atoms with E-state index in [-0.39, 0.29) is 12.3 Å². The third-order valence-electron chi connectivity index (χ3n) is 9.37. The Labute approximate surface area is 327 Å². The van der Waals surface area contributed by atoms with Gasteiger partial charge < -0.3 is 10.4 Å². The summed E-state index contributed by atoms with van der Waals surface area (Å²) in [6.07, 6.45) is 56.0. The lowest BCUT2D eigenvalue weighted by Gasteiger charge is -2.21. The van der Waals surface area contributed by atoms with Gasteiger partial charge in [-0.2, -0.15) is 8.42 Å². The van der Waals surface area contributed by atoms with Crippen LogP contribution in [0.4, 0.5) is 0 Å². The van der Waals surface area contributed by atoms with Crippen LogP contribution >= 0.6 is 0 Å². The van der Waals surface area contributed by atoms with Crippen LogP contribution in [0.2, 0.25) is 0 Å². The van der Waals surface area contributed by atoms with Crippen LogP contribution in [0.15, 0.2) is 72.9 Å². The summed E-state index contributed by atoms with van der Waals surface area (Å²) in [5.74, 6) is -1.01. The van der Waals surface area contributed by atoms with Gasteiger partial charge in [-0.1, -0.05) is 189 Å². The highest BCUT2D eigenvalue weighted by Crippen LogP contribution is 2.14. The average molecular weight is 760 g/mol. The van der Waals surface area contributed by atoms with Gasteiger partial charge in [-0.3, -0.25) is 9.35 Å². The quantitative estimate of drug-likeness (QED) is 0.0330. The first-order valence-corrected chi connectivity index (χ1v) is 23.2. The van der Waals surface area contributed by atoms with Gasteiger partial charge in [0.15, 0.2) is 0 Å². The van der Waals surface area contributed by atoms with Crippen molar-refractivity contribution in [2.24, 2.45) is 0 Å². The van der Waals surface area contributed by atoms with Crippen molar-refractivity contribution in [1.29, 1.82) is 0 Å². The zero-order valence-electron chi connectivity index (χ0n) is 34.1. The molecular weight excluding hydrogens is 679 g/mol. The molecule has 0 aromatic rings. The van der Waals surface area contributed by atoms with Gasteiger partial charge in [0.1, 0.15) is 0 Å². The van der Waals surface area contributed by atoms with Gasteiger partial charge in [-0.25, -0.2) is 0 Å². The molecule has 0 rings (SSSR count). The number of hydrogen-bond acceptors (Lipinski definition) is 4. The van der Waals surface area contributed by atoms with Gasteiger partial charge >= 0.3 is 0 Å². The molecule has 0 saturated carbocycles. The van der Waals surface area contributed by atoms with E-state index < -0.39 is 28.0 Å². The molecule has 306 valence electrons. The molecule has 6 nitrogen and oxygen atoms in total. The Morgan fingerprint density at radius 1 is 0.528 bits per heavy atom. The Morgan fingerprint density at radius 3 is 1.42 bits per heavy atom. The number of hydrogen-bond donors (Lipinski definition) is 3. The summed E-state index contributed by atoms with van der Waals surface area (Å²) in [6, 6.07) is -1.08. The fourth-order valence-electron chi connectivity index (χ4n) is 6.16. The fraction of sp³-hybridized carbons (Fsp3) is 0.717. The van der Waals surface area contributed by atoms with Crippen LogP contribution in [0, 0.1) is 0 Å². The minimum atomic E-state index is -4.36. The summed E-state index contributed by atoms with van der Waals surface area (Å²) in [5.41, 5.74) is 0.